The number of halogens is 2. The molecule has 0 unspecified atom stereocenters. The number of likely N-dealkylation sites (tertiary alicyclic amines) is 1. The fraction of sp³-hybridized carbons (Fsp3) is 0.529. The molecule has 1 heterocycles. The van der Waals surface area contributed by atoms with Crippen LogP contribution < -0.4 is 4.74 Å². The fourth-order valence-electron chi connectivity index (χ4n) is 2.52. The minimum atomic E-state index is 0.0486. The number of hydrogen-bond acceptors (Lipinski definition) is 3. The van der Waals surface area contributed by atoms with E-state index in [1.54, 1.807) is 30.1 Å². The quantitative estimate of drug-likeness (QED) is 0.658. The summed E-state index contributed by atoms with van der Waals surface area (Å²) in [7, 11) is 1.76. The van der Waals surface area contributed by atoms with E-state index in [1.807, 2.05) is 4.90 Å². The lowest BCUT2D eigenvalue weighted by Crippen LogP contribution is -2.36. The van der Waals surface area contributed by atoms with Crippen molar-refractivity contribution in [3.8, 4) is 5.75 Å². The predicted molar refractivity (Wildman–Crippen MR) is 94.6 cm³/mol. The molecule has 0 N–H and O–H groups in total. The molecule has 132 valence electrons. The summed E-state index contributed by atoms with van der Waals surface area (Å²) in [6.45, 7) is 2.38. The van der Waals surface area contributed by atoms with Crippen molar-refractivity contribution in [3.05, 3.63) is 28.2 Å². The van der Waals surface area contributed by atoms with Crippen molar-refractivity contribution in [1.29, 1.82) is 0 Å². The van der Waals surface area contributed by atoms with Crippen LogP contribution >= 0.6 is 23.2 Å². The second-order valence-corrected chi connectivity index (χ2v) is 6.67. The Hall–Kier alpha value is -1.46. The monoisotopic (exact) mass is 372 g/mol. The Morgan fingerprint density at radius 1 is 1.38 bits per heavy atom. The van der Waals surface area contributed by atoms with Crippen molar-refractivity contribution in [1.82, 2.24) is 9.80 Å². The number of carbonyl (C=O) groups excluding carboxylic acids is 2. The van der Waals surface area contributed by atoms with Crippen LogP contribution in [0.2, 0.25) is 10.0 Å². The maximum Gasteiger partial charge on any atom is 0.222 e. The van der Waals surface area contributed by atoms with Crippen molar-refractivity contribution in [2.24, 2.45) is 0 Å². The molecule has 1 aromatic rings. The first-order chi connectivity index (χ1) is 11.5. The lowest BCUT2D eigenvalue weighted by molar-refractivity contribution is -0.132. The Labute approximate surface area is 152 Å². The van der Waals surface area contributed by atoms with Gasteiger partial charge in [-0.15, -0.1) is 0 Å². The molecule has 1 fully saturated rings. The predicted octanol–water partition coefficient (Wildman–Crippen LogP) is 3.23. The van der Waals surface area contributed by atoms with E-state index in [-0.39, 0.29) is 11.8 Å². The molecular weight excluding hydrogens is 351 g/mol. The Morgan fingerprint density at radius 3 is 2.83 bits per heavy atom. The van der Waals surface area contributed by atoms with E-state index in [2.05, 4.69) is 0 Å². The smallest absolute Gasteiger partial charge is 0.222 e. The Balaban J connectivity index is 1.64. The first-order valence-corrected chi connectivity index (χ1v) is 8.82. The van der Waals surface area contributed by atoms with Crippen LogP contribution in [0.4, 0.5) is 0 Å². The van der Waals surface area contributed by atoms with Crippen LogP contribution in [-0.4, -0.2) is 54.9 Å². The molecule has 0 saturated carbocycles. The number of ether oxygens (including phenoxy) is 1. The van der Waals surface area contributed by atoms with Gasteiger partial charge < -0.3 is 14.5 Å². The van der Waals surface area contributed by atoms with Crippen molar-refractivity contribution in [3.63, 3.8) is 0 Å². The van der Waals surface area contributed by atoms with E-state index in [4.69, 9.17) is 27.9 Å². The van der Waals surface area contributed by atoms with Crippen LogP contribution in [0.3, 0.4) is 0 Å². The molecule has 7 heteroatoms. The van der Waals surface area contributed by atoms with Crippen LogP contribution in [0.15, 0.2) is 18.2 Å². The summed E-state index contributed by atoms with van der Waals surface area (Å²) in [5.74, 6) is 0.797. The van der Waals surface area contributed by atoms with Gasteiger partial charge in [-0.2, -0.15) is 0 Å². The third kappa shape index (κ3) is 5.56. The minimum absolute atomic E-state index is 0.0486. The number of rotatable bonds is 8. The van der Waals surface area contributed by atoms with E-state index in [9.17, 15) is 9.59 Å². The zero-order chi connectivity index (χ0) is 17.5. The molecule has 0 radical (unpaired) electrons. The molecule has 0 atom stereocenters. The third-order valence-electron chi connectivity index (χ3n) is 3.99. The maximum absolute atomic E-state index is 12.1. The summed E-state index contributed by atoms with van der Waals surface area (Å²) in [5, 5.41) is 1.02. The van der Waals surface area contributed by atoms with Gasteiger partial charge in [0.25, 0.3) is 0 Å². The molecule has 24 heavy (non-hydrogen) atoms. The van der Waals surface area contributed by atoms with Crippen LogP contribution in [0.25, 0.3) is 0 Å². The van der Waals surface area contributed by atoms with Crippen LogP contribution in [-0.2, 0) is 9.59 Å². The molecule has 5 nitrogen and oxygen atoms in total. The van der Waals surface area contributed by atoms with Gasteiger partial charge in [-0.1, -0.05) is 23.2 Å². The second kappa shape index (κ2) is 9.14. The first kappa shape index (κ1) is 18.9. The maximum atomic E-state index is 12.1. The van der Waals surface area contributed by atoms with Gasteiger partial charge >= 0.3 is 0 Å². The highest BCUT2D eigenvalue weighted by Crippen LogP contribution is 2.27. The summed E-state index contributed by atoms with van der Waals surface area (Å²) in [5.41, 5.74) is 0. The van der Waals surface area contributed by atoms with Crippen molar-refractivity contribution >= 4 is 35.0 Å². The van der Waals surface area contributed by atoms with Gasteiger partial charge in [0.2, 0.25) is 11.8 Å². The van der Waals surface area contributed by atoms with Gasteiger partial charge in [0.05, 0.1) is 11.6 Å². The molecule has 1 aliphatic heterocycles. The topological polar surface area (TPSA) is 49.9 Å². The summed E-state index contributed by atoms with van der Waals surface area (Å²) >= 11 is 11.8. The Kier molecular flexibility index (Phi) is 7.18. The van der Waals surface area contributed by atoms with Gasteiger partial charge in [-0.05, 0) is 31.0 Å². The lowest BCUT2D eigenvalue weighted by atomic mass is 10.3. The normalized spacial score (nSPS) is 14.1. The molecule has 0 spiro atoms. The van der Waals surface area contributed by atoms with Gasteiger partial charge in [0.15, 0.2) is 0 Å². The van der Waals surface area contributed by atoms with E-state index in [1.165, 1.54) is 0 Å². The van der Waals surface area contributed by atoms with Crippen molar-refractivity contribution < 1.29 is 14.3 Å². The van der Waals surface area contributed by atoms with Gasteiger partial charge in [0.1, 0.15) is 5.75 Å². The number of carbonyl (C=O) groups is 2. The largest absolute Gasteiger partial charge is 0.492 e. The number of benzene rings is 1. The average molecular weight is 373 g/mol. The van der Waals surface area contributed by atoms with E-state index >= 15 is 0 Å². The van der Waals surface area contributed by atoms with Crippen LogP contribution in [0.5, 0.6) is 5.75 Å². The zero-order valence-corrected chi connectivity index (χ0v) is 15.3. The van der Waals surface area contributed by atoms with E-state index in [0.717, 1.165) is 13.0 Å². The van der Waals surface area contributed by atoms with Gasteiger partial charge in [-0.25, -0.2) is 0 Å². The number of amides is 2. The lowest BCUT2D eigenvalue weighted by Gasteiger charge is -2.22. The molecule has 0 bridgehead atoms. The SMILES string of the molecule is CN(CCN1CCCC1=O)C(=O)CCCOc1ccc(Cl)cc1Cl. The summed E-state index contributed by atoms with van der Waals surface area (Å²) in [4.78, 5) is 27.1. The highest BCUT2D eigenvalue weighted by molar-refractivity contribution is 6.35. The molecule has 0 aromatic heterocycles. The molecular formula is C17H22Cl2N2O3. The number of nitrogens with zero attached hydrogens (tertiary/aromatic N) is 2. The Bertz CT molecular complexity index is 595. The van der Waals surface area contributed by atoms with Gasteiger partial charge in [-0.3, -0.25) is 9.59 Å². The fourth-order valence-corrected chi connectivity index (χ4v) is 2.99. The highest BCUT2D eigenvalue weighted by atomic mass is 35.5. The molecule has 1 aliphatic rings. The average Bonchev–Trinajstić information content (AvgIpc) is 2.95. The summed E-state index contributed by atoms with van der Waals surface area (Å²) in [6.07, 6.45) is 2.55. The third-order valence-corrected chi connectivity index (χ3v) is 4.52. The number of hydrogen-bond donors (Lipinski definition) is 0. The minimum Gasteiger partial charge on any atom is -0.492 e. The highest BCUT2D eigenvalue weighted by Gasteiger charge is 2.20. The number of likely N-dealkylation sites (N-methyl/N-ethyl adjacent to an activating group) is 1. The molecule has 0 aliphatic carbocycles. The van der Waals surface area contributed by atoms with Gasteiger partial charge in [0, 0.05) is 44.5 Å². The summed E-state index contributed by atoms with van der Waals surface area (Å²) in [6, 6.07) is 5.05. The summed E-state index contributed by atoms with van der Waals surface area (Å²) < 4.78 is 5.56. The van der Waals surface area contributed by atoms with Crippen LogP contribution in [0, 0.1) is 0 Å². The molecule has 1 aromatic carbocycles. The van der Waals surface area contributed by atoms with Crippen molar-refractivity contribution in [2.75, 3.05) is 33.3 Å². The molecule has 2 amide bonds. The second-order valence-electron chi connectivity index (χ2n) is 5.83. The van der Waals surface area contributed by atoms with Crippen LogP contribution in [0.1, 0.15) is 25.7 Å². The standard InChI is InChI=1S/C17H22Cl2N2O3/c1-20(9-10-21-8-2-4-17(21)23)16(22)5-3-11-24-15-7-6-13(18)12-14(15)19/h6-7,12H,2-5,8-11H2,1H3. The molecule has 1 saturated heterocycles. The zero-order valence-electron chi connectivity index (χ0n) is 13.8. The van der Waals surface area contributed by atoms with Crippen molar-refractivity contribution in [2.45, 2.75) is 25.7 Å². The Morgan fingerprint density at radius 2 is 2.17 bits per heavy atom. The van der Waals surface area contributed by atoms with E-state index < -0.39 is 0 Å². The first-order valence-electron chi connectivity index (χ1n) is 8.07. The molecule has 2 rings (SSSR count). The van der Waals surface area contributed by atoms with E-state index in [0.29, 0.717) is 54.8 Å².